The third kappa shape index (κ3) is 22.2. The molecule has 5 aromatic carbocycles. The number of carbonyl (C=O) groups excluding carboxylic acids is 5. The molecule has 0 unspecified atom stereocenters. The van der Waals surface area contributed by atoms with Gasteiger partial charge in [-0.25, -0.2) is 26.5 Å². The molecule has 28 heteroatoms. The Kier molecular flexibility index (Phi) is 27.6. The number of unbranched alkanes of at least 4 members (excludes halogenated alkanes) is 4. The zero-order valence-electron chi connectivity index (χ0n) is 61.9. The van der Waals surface area contributed by atoms with Crippen LogP contribution in [0.4, 0.5) is 24.5 Å². The Hall–Kier alpha value is -7.37. The first-order chi connectivity index (χ1) is 50.7. The molecule has 107 heavy (non-hydrogen) atoms. The summed E-state index contributed by atoms with van der Waals surface area (Å²) < 4.78 is 100. The van der Waals surface area contributed by atoms with Gasteiger partial charge in [-0.05, 0) is 159 Å². The van der Waals surface area contributed by atoms with Gasteiger partial charge in [0.2, 0.25) is 23.6 Å². The first-order valence-electron chi connectivity index (χ1n) is 36.8. The van der Waals surface area contributed by atoms with Crippen molar-refractivity contribution in [3.63, 3.8) is 0 Å². The molecule has 0 radical (unpaired) electrons. The molecular formula is C79H100ClF3N10O10S4. The number of sulfone groups is 1. The van der Waals surface area contributed by atoms with E-state index in [-0.39, 0.29) is 66.4 Å². The van der Waals surface area contributed by atoms with Crippen LogP contribution in [0.1, 0.15) is 158 Å². The minimum Gasteiger partial charge on any atom is -0.391 e. The second-order valence-corrected chi connectivity index (χ2v) is 36.5. The van der Waals surface area contributed by atoms with E-state index in [0.717, 1.165) is 96.2 Å². The molecular weight excluding hydrogens is 1470 g/mol. The fourth-order valence-electron chi connectivity index (χ4n) is 14.5. The number of hydrogen-bond acceptors (Lipinski definition) is 17. The molecule has 6 aromatic rings. The molecule has 0 saturated carbocycles. The number of benzene rings is 5. The Bertz CT molecular complexity index is 4350. The van der Waals surface area contributed by atoms with Crippen molar-refractivity contribution >= 4 is 101 Å². The average Bonchev–Trinajstić information content (AvgIpc) is 0.806. The maximum Gasteiger partial charge on any atom is 0.501 e. The Labute approximate surface area is 640 Å². The monoisotopic (exact) mass is 1570 g/mol. The van der Waals surface area contributed by atoms with Crippen LogP contribution in [0, 0.1) is 17.8 Å². The van der Waals surface area contributed by atoms with Gasteiger partial charge in [0.25, 0.3) is 25.8 Å². The molecule has 10 rings (SSSR count). The van der Waals surface area contributed by atoms with Crippen molar-refractivity contribution in [3.05, 3.63) is 160 Å². The maximum absolute atomic E-state index is 14.6. The lowest BCUT2D eigenvalue weighted by Gasteiger charge is -2.39. The number of amides is 5. The Morgan fingerprint density at radius 1 is 0.785 bits per heavy atom. The topological polar surface area (TPSA) is 260 Å². The first-order valence-corrected chi connectivity index (χ1v) is 42.0. The van der Waals surface area contributed by atoms with Gasteiger partial charge >= 0.3 is 5.51 Å². The van der Waals surface area contributed by atoms with Crippen LogP contribution in [0.25, 0.3) is 16.0 Å². The molecule has 4 aliphatic rings. The minimum absolute atomic E-state index is 0.0386. The zero-order valence-corrected chi connectivity index (χ0v) is 65.9. The number of rotatable bonds is 31. The molecule has 1 aliphatic carbocycles. The fourth-order valence-corrected chi connectivity index (χ4v) is 18.4. The van der Waals surface area contributed by atoms with E-state index in [0.29, 0.717) is 75.9 Å². The van der Waals surface area contributed by atoms with Crippen molar-refractivity contribution in [2.75, 3.05) is 74.9 Å². The van der Waals surface area contributed by atoms with Gasteiger partial charge in [0.05, 0.1) is 38.8 Å². The van der Waals surface area contributed by atoms with Crippen molar-refractivity contribution in [1.29, 1.82) is 0 Å². The van der Waals surface area contributed by atoms with Gasteiger partial charge in [-0.3, -0.25) is 28.9 Å². The second kappa shape index (κ2) is 36.0. The molecule has 3 aliphatic heterocycles. The molecule has 1 aromatic heterocycles. The number of likely N-dealkylation sites (tertiary alicyclic amines) is 2. The summed E-state index contributed by atoms with van der Waals surface area (Å²) in [6, 6.07) is 30.8. The SMILES string of the molecule is Cc1ncsc1-c1ccc([C@H](C)NC(=O)[C@@H]2C[C@@H](O)CN2C(=O)[C@@H](NC(=O)CCCCCCCC(=O)N[C@H]2CCN(CC[C@H](CSc3ccccc3)Nc3ccc(S(=O)(=O)NC(=O)c4ccc(N5CCN(CC6=C(c7ccc(Cl)cc7)CCC(C)(C)C6)CC5)cc4)cc3S(=O)(=O)C(F)(F)F)C2)C(C)(C)C)cc1. The summed E-state index contributed by atoms with van der Waals surface area (Å²) in [6.07, 6.45) is 7.03. The number of aromatic nitrogens is 1. The number of β-amino-alcohol motifs (C(OH)–C–C–N with tert-alkyl or cyclic N) is 1. The summed E-state index contributed by atoms with van der Waals surface area (Å²) in [7, 11) is -11.1. The zero-order chi connectivity index (χ0) is 77.0. The summed E-state index contributed by atoms with van der Waals surface area (Å²) in [5, 5.41) is 23.6. The first kappa shape index (κ1) is 82.1. The fraction of sp³-hybridized carbons (Fsp3) is 0.494. The molecule has 578 valence electrons. The van der Waals surface area contributed by atoms with Crippen molar-refractivity contribution in [2.45, 2.75) is 188 Å². The number of aliphatic hydroxyl groups excluding tert-OH is 1. The van der Waals surface area contributed by atoms with E-state index in [4.69, 9.17) is 11.6 Å². The summed E-state index contributed by atoms with van der Waals surface area (Å²) in [4.78, 5) is 80.5. The highest BCUT2D eigenvalue weighted by molar-refractivity contribution is 7.99. The molecule has 5 amide bonds. The van der Waals surface area contributed by atoms with E-state index >= 15 is 0 Å². The van der Waals surface area contributed by atoms with Gasteiger partial charge in [-0.2, -0.15) is 13.2 Å². The van der Waals surface area contributed by atoms with Crippen molar-refractivity contribution < 1.29 is 59.1 Å². The van der Waals surface area contributed by atoms with Crippen LogP contribution in [0.5, 0.6) is 0 Å². The van der Waals surface area contributed by atoms with Gasteiger partial charge in [0, 0.05) is 117 Å². The predicted molar refractivity (Wildman–Crippen MR) is 416 cm³/mol. The van der Waals surface area contributed by atoms with E-state index in [2.05, 4.69) is 66.9 Å². The Morgan fingerprint density at radius 2 is 1.45 bits per heavy atom. The highest BCUT2D eigenvalue weighted by Crippen LogP contribution is 2.44. The molecule has 4 heterocycles. The molecule has 0 bridgehead atoms. The highest BCUT2D eigenvalue weighted by Gasteiger charge is 2.49. The van der Waals surface area contributed by atoms with Crippen LogP contribution in [-0.4, -0.2) is 172 Å². The third-order valence-corrected chi connectivity index (χ3v) is 25.8. The van der Waals surface area contributed by atoms with E-state index in [1.165, 1.54) is 45.5 Å². The highest BCUT2D eigenvalue weighted by atomic mass is 35.5. The molecule has 20 nitrogen and oxygen atoms in total. The summed E-state index contributed by atoms with van der Waals surface area (Å²) in [5.41, 5.74) is 2.60. The number of carbonyl (C=O) groups is 5. The third-order valence-electron chi connectivity index (χ3n) is 20.6. The predicted octanol–water partition coefficient (Wildman–Crippen LogP) is 13.2. The molecule has 6 atom stereocenters. The number of nitrogens with one attached hydrogen (secondary N) is 5. The number of allylic oxidation sites excluding steroid dienone is 1. The standard InChI is InChI=1S/C79H100ClF3N10O10S4/c1-52(54-20-22-56(23-21-54)72-53(2)84-51-105-72)85-75(98)68-44-63(94)49-93(68)76(99)73(77(3,4)5)88-71(96)19-15-10-8-9-14-18-70(95)87-60-35-38-90(48-60)39-36-61(50-104-64-16-12-11-13-17-64)86-67-33-32-65(45-69(67)106(100,101)79(81,82)83)107(102,103)89-74(97)57-26-30-62(31-27-57)92-42-40-91(41-43-92)47-58-46-78(6,7)37-34-66(58)55-24-28-59(80)29-25-55/h11-13,16-17,20-33,45,51-52,60-61,63,68,73,86,94H,8-10,14-15,18-19,34-44,46-50H2,1-7H3,(H,85,98)(H,87,95)(H,88,96)(H,89,97)/t52-,60-,61+,63+,68-,73+/m0/s1. The largest absolute Gasteiger partial charge is 0.501 e. The minimum atomic E-state index is -6.18. The van der Waals surface area contributed by atoms with Gasteiger partial charge in [-0.1, -0.05) is 126 Å². The Balaban J connectivity index is 0.669. The van der Waals surface area contributed by atoms with Gasteiger partial charge in [0.1, 0.15) is 17.0 Å². The number of hydrogen-bond donors (Lipinski definition) is 6. The smallest absolute Gasteiger partial charge is 0.391 e. The number of piperazine rings is 1. The number of thiazole rings is 1. The molecule has 3 saturated heterocycles. The normalized spacial score (nSPS) is 19.1. The van der Waals surface area contributed by atoms with Crippen LogP contribution in [0.2, 0.25) is 5.02 Å². The van der Waals surface area contributed by atoms with E-state index in [9.17, 15) is 59.1 Å². The number of alkyl halides is 3. The number of anilines is 2. The summed E-state index contributed by atoms with van der Waals surface area (Å²) in [5.74, 6) is -2.05. The van der Waals surface area contributed by atoms with Crippen LogP contribution in [0.15, 0.2) is 147 Å². The molecule has 0 spiro atoms. The number of aryl methyl sites for hydroxylation is 1. The van der Waals surface area contributed by atoms with Gasteiger partial charge in [0.15, 0.2) is 0 Å². The number of sulfonamides is 1. The molecule has 6 N–H and O–H groups in total. The number of thioether (sulfide) groups is 1. The van der Waals surface area contributed by atoms with Crippen molar-refractivity contribution in [2.24, 2.45) is 10.8 Å². The quantitative estimate of drug-likeness (QED) is 0.0175. The van der Waals surface area contributed by atoms with Crippen molar-refractivity contribution in [1.82, 2.24) is 40.4 Å². The second-order valence-electron chi connectivity index (χ2n) is 30.5. The van der Waals surface area contributed by atoms with Gasteiger partial charge < -0.3 is 41.1 Å². The van der Waals surface area contributed by atoms with Crippen LogP contribution in [-0.2, 0) is 39.0 Å². The van der Waals surface area contributed by atoms with E-state index in [1.54, 1.807) is 29.0 Å². The van der Waals surface area contributed by atoms with Gasteiger partial charge in [-0.15, -0.1) is 23.1 Å². The van der Waals surface area contributed by atoms with Crippen LogP contribution < -0.4 is 30.9 Å². The average molecular weight is 1570 g/mol. The number of halogens is 4. The lowest BCUT2D eigenvalue weighted by Crippen LogP contribution is -2.57. The number of aliphatic hydroxyl groups is 1. The van der Waals surface area contributed by atoms with Crippen LogP contribution in [0.3, 0.4) is 0 Å². The van der Waals surface area contributed by atoms with E-state index < -0.39 is 88.2 Å². The van der Waals surface area contributed by atoms with Crippen LogP contribution >= 0.6 is 34.7 Å². The van der Waals surface area contributed by atoms with E-state index in [1.807, 2.05) is 106 Å². The lowest BCUT2D eigenvalue weighted by atomic mass is 9.73. The summed E-state index contributed by atoms with van der Waals surface area (Å²) >= 11 is 9.18. The van der Waals surface area contributed by atoms with Crippen molar-refractivity contribution in [3.8, 4) is 10.4 Å². The molecule has 3 fully saturated rings. The lowest BCUT2D eigenvalue weighted by molar-refractivity contribution is -0.144. The number of nitrogens with zero attached hydrogens (tertiary/aromatic N) is 5. The Morgan fingerprint density at radius 3 is 2.10 bits per heavy atom. The summed E-state index contributed by atoms with van der Waals surface area (Å²) in [6.45, 7) is 19.3. The maximum atomic E-state index is 14.6.